The number of fused-ring (bicyclic) bond motifs is 1. The van der Waals surface area contributed by atoms with Gasteiger partial charge in [-0.15, -0.1) is 0 Å². The topological polar surface area (TPSA) is 23.5 Å². The smallest absolute Gasteiger partial charge is 0.0443 e. The van der Waals surface area contributed by atoms with Gasteiger partial charge in [-0.05, 0) is 43.4 Å². The fourth-order valence-corrected chi connectivity index (χ4v) is 2.83. The molecule has 0 aromatic heterocycles. The molecule has 0 heterocycles. The third-order valence-corrected chi connectivity index (χ3v) is 3.66. The van der Waals surface area contributed by atoms with Crippen molar-refractivity contribution in [2.45, 2.75) is 38.6 Å². The van der Waals surface area contributed by atoms with E-state index in [0.29, 0.717) is 12.6 Å². The Hall–Kier alpha value is -0.860. The second kappa shape index (κ2) is 6.18. The minimum atomic E-state index is 0.305. The number of benzene rings is 1. The zero-order chi connectivity index (χ0) is 12.1. The van der Waals surface area contributed by atoms with Crippen molar-refractivity contribution in [3.63, 3.8) is 0 Å². The molecule has 0 saturated heterocycles. The summed E-state index contributed by atoms with van der Waals surface area (Å²) in [7, 11) is 0. The van der Waals surface area contributed by atoms with Crippen LogP contribution in [0.5, 0.6) is 0 Å². The maximum atomic E-state index is 8.97. The van der Waals surface area contributed by atoms with Crippen molar-refractivity contribution >= 4 is 0 Å². The third-order valence-electron chi connectivity index (χ3n) is 3.66. The summed E-state index contributed by atoms with van der Waals surface area (Å²) >= 11 is 0. The molecular weight excluding hydrogens is 210 g/mol. The largest absolute Gasteiger partial charge is 0.396 e. The van der Waals surface area contributed by atoms with Crippen LogP contribution >= 0.6 is 0 Å². The minimum absolute atomic E-state index is 0.305. The maximum absolute atomic E-state index is 8.97. The number of aliphatic hydroxyl groups excluding tert-OH is 1. The average molecular weight is 233 g/mol. The fraction of sp³-hybridized carbons (Fsp3) is 0.600. The summed E-state index contributed by atoms with van der Waals surface area (Å²) < 4.78 is 0. The van der Waals surface area contributed by atoms with Gasteiger partial charge in [-0.1, -0.05) is 31.2 Å². The van der Waals surface area contributed by atoms with Crippen LogP contribution in [0.2, 0.25) is 0 Å². The Morgan fingerprint density at radius 1 is 1.18 bits per heavy atom. The van der Waals surface area contributed by atoms with Crippen LogP contribution in [0.3, 0.4) is 0 Å². The molecule has 0 bridgehead atoms. The maximum Gasteiger partial charge on any atom is 0.0443 e. The van der Waals surface area contributed by atoms with E-state index < -0.39 is 0 Å². The van der Waals surface area contributed by atoms with Crippen LogP contribution in [0.4, 0.5) is 0 Å². The molecule has 0 amide bonds. The first-order chi connectivity index (χ1) is 8.35. The van der Waals surface area contributed by atoms with Gasteiger partial charge in [-0.25, -0.2) is 0 Å². The summed E-state index contributed by atoms with van der Waals surface area (Å²) in [5.74, 6) is 0. The lowest BCUT2D eigenvalue weighted by atomic mass is 10.1. The number of rotatable bonds is 6. The van der Waals surface area contributed by atoms with E-state index >= 15 is 0 Å². The predicted molar refractivity (Wildman–Crippen MR) is 71.2 cm³/mol. The Labute approximate surface area is 104 Å². The van der Waals surface area contributed by atoms with E-state index in [-0.39, 0.29) is 0 Å². The molecule has 0 spiro atoms. The summed E-state index contributed by atoms with van der Waals surface area (Å²) in [6.07, 6.45) is 4.45. The van der Waals surface area contributed by atoms with Crippen molar-refractivity contribution in [1.29, 1.82) is 0 Å². The van der Waals surface area contributed by atoms with Crippen LogP contribution in [-0.2, 0) is 12.8 Å². The highest BCUT2D eigenvalue weighted by Crippen LogP contribution is 2.25. The molecule has 1 aromatic rings. The Morgan fingerprint density at radius 2 is 1.82 bits per heavy atom. The van der Waals surface area contributed by atoms with Gasteiger partial charge in [-0.2, -0.15) is 0 Å². The third kappa shape index (κ3) is 3.08. The molecule has 2 nitrogen and oxygen atoms in total. The van der Waals surface area contributed by atoms with Crippen molar-refractivity contribution in [3.05, 3.63) is 35.4 Å². The van der Waals surface area contributed by atoms with E-state index in [1.807, 2.05) is 0 Å². The molecule has 94 valence electrons. The number of hydrogen-bond donors (Lipinski definition) is 1. The summed E-state index contributed by atoms with van der Waals surface area (Å²) in [6, 6.07) is 9.44. The van der Waals surface area contributed by atoms with Gasteiger partial charge >= 0.3 is 0 Å². The molecule has 0 unspecified atom stereocenters. The normalized spacial score (nSPS) is 15.5. The predicted octanol–water partition coefficient (Wildman–Crippen LogP) is 2.25. The van der Waals surface area contributed by atoms with Gasteiger partial charge in [0.2, 0.25) is 0 Å². The Kier molecular flexibility index (Phi) is 4.57. The van der Waals surface area contributed by atoms with Crippen LogP contribution in [0.1, 0.15) is 30.9 Å². The first kappa shape index (κ1) is 12.6. The highest BCUT2D eigenvalue weighted by molar-refractivity contribution is 5.33. The van der Waals surface area contributed by atoms with Gasteiger partial charge in [0, 0.05) is 19.2 Å². The standard InChI is InChI=1S/C15H23NO/c1-2-8-16(9-5-10-17)15-11-13-6-3-4-7-14(13)12-15/h3-4,6-7,15,17H,2,5,8-12H2,1H3. The molecule has 0 atom stereocenters. The highest BCUT2D eigenvalue weighted by atomic mass is 16.3. The second-order valence-electron chi connectivity index (χ2n) is 4.94. The second-order valence-corrected chi connectivity index (χ2v) is 4.94. The van der Waals surface area contributed by atoms with Gasteiger partial charge in [0.1, 0.15) is 0 Å². The van der Waals surface area contributed by atoms with Crippen LogP contribution in [0.15, 0.2) is 24.3 Å². The average Bonchev–Trinajstić information content (AvgIpc) is 2.78. The van der Waals surface area contributed by atoms with Gasteiger partial charge in [0.05, 0.1) is 0 Å². The highest BCUT2D eigenvalue weighted by Gasteiger charge is 2.25. The molecule has 1 aliphatic rings. The van der Waals surface area contributed by atoms with E-state index in [9.17, 15) is 0 Å². The molecule has 0 aliphatic heterocycles. The van der Waals surface area contributed by atoms with Gasteiger partial charge < -0.3 is 5.11 Å². The zero-order valence-electron chi connectivity index (χ0n) is 10.7. The number of nitrogens with zero attached hydrogens (tertiary/aromatic N) is 1. The van der Waals surface area contributed by atoms with Crippen LogP contribution in [-0.4, -0.2) is 35.7 Å². The van der Waals surface area contributed by atoms with Crippen molar-refractivity contribution in [1.82, 2.24) is 4.90 Å². The van der Waals surface area contributed by atoms with E-state index in [2.05, 4.69) is 36.1 Å². The van der Waals surface area contributed by atoms with Gasteiger partial charge in [-0.3, -0.25) is 4.90 Å². The molecule has 0 fully saturated rings. The first-order valence-corrected chi connectivity index (χ1v) is 6.76. The van der Waals surface area contributed by atoms with Gasteiger partial charge in [0.25, 0.3) is 0 Å². The molecular formula is C15H23NO. The van der Waals surface area contributed by atoms with Crippen molar-refractivity contribution in [2.75, 3.05) is 19.7 Å². The lowest BCUT2D eigenvalue weighted by Gasteiger charge is -2.28. The molecule has 1 aromatic carbocycles. The molecule has 1 aliphatic carbocycles. The molecule has 0 saturated carbocycles. The lowest BCUT2D eigenvalue weighted by molar-refractivity contribution is 0.177. The van der Waals surface area contributed by atoms with Crippen LogP contribution in [0, 0.1) is 0 Å². The van der Waals surface area contributed by atoms with E-state index in [1.54, 1.807) is 0 Å². The van der Waals surface area contributed by atoms with E-state index in [0.717, 1.165) is 19.5 Å². The van der Waals surface area contributed by atoms with Gasteiger partial charge in [0.15, 0.2) is 0 Å². The van der Waals surface area contributed by atoms with Crippen LogP contribution in [0.25, 0.3) is 0 Å². The summed E-state index contributed by atoms with van der Waals surface area (Å²) in [4.78, 5) is 2.55. The fourth-order valence-electron chi connectivity index (χ4n) is 2.83. The first-order valence-electron chi connectivity index (χ1n) is 6.76. The molecule has 0 radical (unpaired) electrons. The summed E-state index contributed by atoms with van der Waals surface area (Å²) in [5.41, 5.74) is 3.03. The summed E-state index contributed by atoms with van der Waals surface area (Å²) in [6.45, 7) is 4.72. The SMILES string of the molecule is CCCN(CCCO)C1Cc2ccccc2C1. The molecule has 2 heteroatoms. The molecule has 1 N–H and O–H groups in total. The zero-order valence-corrected chi connectivity index (χ0v) is 10.7. The Morgan fingerprint density at radius 3 is 2.35 bits per heavy atom. The number of hydrogen-bond acceptors (Lipinski definition) is 2. The lowest BCUT2D eigenvalue weighted by Crippen LogP contribution is -2.37. The van der Waals surface area contributed by atoms with Crippen molar-refractivity contribution in [3.8, 4) is 0 Å². The number of aliphatic hydroxyl groups is 1. The quantitative estimate of drug-likeness (QED) is 0.814. The van der Waals surface area contributed by atoms with Crippen molar-refractivity contribution < 1.29 is 5.11 Å². The van der Waals surface area contributed by atoms with E-state index in [4.69, 9.17) is 5.11 Å². The minimum Gasteiger partial charge on any atom is -0.396 e. The monoisotopic (exact) mass is 233 g/mol. The summed E-state index contributed by atoms with van der Waals surface area (Å²) in [5, 5.41) is 8.97. The Bertz CT molecular complexity index is 326. The Balaban J connectivity index is 1.98. The van der Waals surface area contributed by atoms with Crippen LogP contribution < -0.4 is 0 Å². The van der Waals surface area contributed by atoms with E-state index in [1.165, 1.54) is 30.4 Å². The molecule has 17 heavy (non-hydrogen) atoms. The molecule has 2 rings (SSSR count). The van der Waals surface area contributed by atoms with Crippen molar-refractivity contribution in [2.24, 2.45) is 0 Å².